The summed E-state index contributed by atoms with van der Waals surface area (Å²) < 4.78 is 12.4. The van der Waals surface area contributed by atoms with E-state index in [1.54, 1.807) is 20.4 Å². The highest BCUT2D eigenvalue weighted by Gasteiger charge is 2.25. The number of aromatic nitrogens is 2. The van der Waals surface area contributed by atoms with Crippen LogP contribution in [0.2, 0.25) is 0 Å². The topological polar surface area (TPSA) is 56.6 Å². The van der Waals surface area contributed by atoms with Gasteiger partial charge in [0.1, 0.15) is 4.47 Å². The fraction of sp³-hybridized carbons (Fsp3) is 0.692. The highest BCUT2D eigenvalue weighted by Crippen LogP contribution is 2.27. The number of aryl methyl sites for hydroxylation is 1. The van der Waals surface area contributed by atoms with Gasteiger partial charge in [0.25, 0.3) is 5.56 Å². The van der Waals surface area contributed by atoms with E-state index >= 15 is 0 Å². The Bertz CT molecular complexity index is 506. The zero-order chi connectivity index (χ0) is 14.5. The Kier molecular flexibility index (Phi) is 5.56. The molecule has 112 valence electrons. The molecule has 0 N–H and O–H groups in total. The quantitative estimate of drug-likeness (QED) is 0.721. The van der Waals surface area contributed by atoms with Gasteiger partial charge in [0.2, 0.25) is 0 Å². The summed E-state index contributed by atoms with van der Waals surface area (Å²) in [4.78, 5) is 14.0. The van der Waals surface area contributed by atoms with Crippen LogP contribution in [0.5, 0.6) is 0 Å². The minimum Gasteiger partial charge on any atom is -0.382 e. The van der Waals surface area contributed by atoms with E-state index in [9.17, 15) is 4.79 Å². The first-order valence-electron chi connectivity index (χ1n) is 6.67. The molecule has 7 heteroatoms. The van der Waals surface area contributed by atoms with Crippen LogP contribution in [0.25, 0.3) is 0 Å². The van der Waals surface area contributed by atoms with Crippen LogP contribution in [-0.2, 0) is 16.5 Å². The van der Waals surface area contributed by atoms with Crippen molar-refractivity contribution in [3.63, 3.8) is 0 Å². The molecular weight excluding hydrogens is 326 g/mol. The molecule has 1 unspecified atom stereocenters. The summed E-state index contributed by atoms with van der Waals surface area (Å²) in [6.07, 6.45) is 2.80. The highest BCUT2D eigenvalue weighted by molar-refractivity contribution is 9.10. The molecule has 0 radical (unpaired) electrons. The smallest absolute Gasteiger partial charge is 0.282 e. The molecule has 1 aliphatic rings. The Morgan fingerprint density at radius 2 is 2.30 bits per heavy atom. The maximum Gasteiger partial charge on any atom is 0.282 e. The van der Waals surface area contributed by atoms with Gasteiger partial charge in [-0.3, -0.25) is 4.79 Å². The molecule has 0 spiro atoms. The van der Waals surface area contributed by atoms with Crippen molar-refractivity contribution in [2.75, 3.05) is 44.9 Å². The summed E-state index contributed by atoms with van der Waals surface area (Å²) in [5, 5.41) is 4.08. The average Bonchev–Trinajstić information content (AvgIpc) is 2.90. The number of methoxy groups -OCH3 is 1. The number of hydrogen-bond donors (Lipinski definition) is 0. The number of anilines is 1. The first-order chi connectivity index (χ1) is 9.63. The molecule has 1 fully saturated rings. The molecule has 20 heavy (non-hydrogen) atoms. The van der Waals surface area contributed by atoms with E-state index < -0.39 is 0 Å². The van der Waals surface area contributed by atoms with Crippen molar-refractivity contribution in [2.45, 2.75) is 6.42 Å². The van der Waals surface area contributed by atoms with Gasteiger partial charge in [-0.15, -0.1) is 0 Å². The van der Waals surface area contributed by atoms with Crippen LogP contribution in [-0.4, -0.2) is 49.8 Å². The fourth-order valence-electron chi connectivity index (χ4n) is 2.30. The Balaban J connectivity index is 1.93. The van der Waals surface area contributed by atoms with Crippen LogP contribution in [0.3, 0.4) is 0 Å². The summed E-state index contributed by atoms with van der Waals surface area (Å²) in [5.41, 5.74) is 0.759. The molecule has 2 heterocycles. The normalized spacial score (nSPS) is 18.8. The van der Waals surface area contributed by atoms with Gasteiger partial charge in [-0.25, -0.2) is 4.68 Å². The van der Waals surface area contributed by atoms with Gasteiger partial charge >= 0.3 is 0 Å². The molecular formula is C13H20BrN3O3. The van der Waals surface area contributed by atoms with Crippen molar-refractivity contribution >= 4 is 21.6 Å². The second kappa shape index (κ2) is 7.19. The second-order valence-corrected chi connectivity index (χ2v) is 5.73. The number of hydrogen-bond acceptors (Lipinski definition) is 5. The molecule has 1 atom stereocenters. The van der Waals surface area contributed by atoms with E-state index in [0.29, 0.717) is 23.6 Å². The second-order valence-electron chi connectivity index (χ2n) is 4.94. The van der Waals surface area contributed by atoms with Gasteiger partial charge in [-0.1, -0.05) is 0 Å². The summed E-state index contributed by atoms with van der Waals surface area (Å²) in [7, 11) is 3.31. The molecule has 1 aliphatic heterocycles. The lowest BCUT2D eigenvalue weighted by atomic mass is 10.1. The lowest BCUT2D eigenvalue weighted by Gasteiger charge is -2.19. The molecule has 0 aliphatic carbocycles. The summed E-state index contributed by atoms with van der Waals surface area (Å²) >= 11 is 3.37. The van der Waals surface area contributed by atoms with E-state index in [-0.39, 0.29) is 5.56 Å². The van der Waals surface area contributed by atoms with Gasteiger partial charge in [-0.2, -0.15) is 5.10 Å². The highest BCUT2D eigenvalue weighted by atomic mass is 79.9. The van der Waals surface area contributed by atoms with Crippen LogP contribution in [0.15, 0.2) is 15.5 Å². The Labute approximate surface area is 126 Å². The summed E-state index contributed by atoms with van der Waals surface area (Å²) in [5.74, 6) is 0.489. The predicted molar refractivity (Wildman–Crippen MR) is 80.2 cm³/mol. The lowest BCUT2D eigenvalue weighted by molar-refractivity contribution is 0.0549. The zero-order valence-electron chi connectivity index (χ0n) is 11.8. The lowest BCUT2D eigenvalue weighted by Crippen LogP contribution is -2.27. The average molecular weight is 346 g/mol. The minimum atomic E-state index is -0.109. The number of halogens is 1. The SMILES string of the molecule is COCCOCC1CCN(c2cnn(C)c(=O)c2Br)C1. The third-order valence-electron chi connectivity index (χ3n) is 3.47. The fourth-order valence-corrected chi connectivity index (χ4v) is 2.91. The van der Waals surface area contributed by atoms with Crippen molar-refractivity contribution in [3.05, 3.63) is 21.0 Å². The third kappa shape index (κ3) is 3.59. The Morgan fingerprint density at radius 1 is 1.50 bits per heavy atom. The molecule has 0 amide bonds. The van der Waals surface area contributed by atoms with Crippen molar-refractivity contribution < 1.29 is 9.47 Å². The molecule has 1 aromatic heterocycles. The monoisotopic (exact) mass is 345 g/mol. The van der Waals surface area contributed by atoms with Gasteiger partial charge < -0.3 is 14.4 Å². The molecule has 1 aromatic rings. The van der Waals surface area contributed by atoms with E-state index in [4.69, 9.17) is 9.47 Å². The van der Waals surface area contributed by atoms with Crippen molar-refractivity contribution in [1.29, 1.82) is 0 Å². The zero-order valence-corrected chi connectivity index (χ0v) is 13.4. The van der Waals surface area contributed by atoms with E-state index in [0.717, 1.165) is 31.8 Å². The van der Waals surface area contributed by atoms with E-state index in [2.05, 4.69) is 25.9 Å². The Morgan fingerprint density at radius 3 is 3.05 bits per heavy atom. The maximum absolute atomic E-state index is 11.9. The molecule has 1 saturated heterocycles. The minimum absolute atomic E-state index is 0.109. The molecule has 0 aromatic carbocycles. The van der Waals surface area contributed by atoms with Crippen LogP contribution in [0.4, 0.5) is 5.69 Å². The third-order valence-corrected chi connectivity index (χ3v) is 4.22. The number of ether oxygens (including phenoxy) is 2. The predicted octanol–water partition coefficient (Wildman–Crippen LogP) is 1.03. The standard InChI is InChI=1S/C13H20BrN3O3/c1-16-13(18)12(14)11(7-15-16)17-4-3-10(8-17)9-20-6-5-19-2/h7,10H,3-6,8-9H2,1-2H3. The van der Waals surface area contributed by atoms with Gasteiger partial charge in [0.15, 0.2) is 0 Å². The van der Waals surface area contributed by atoms with Crippen LogP contribution >= 0.6 is 15.9 Å². The van der Waals surface area contributed by atoms with Gasteiger partial charge in [-0.05, 0) is 22.4 Å². The van der Waals surface area contributed by atoms with Crippen molar-refractivity contribution in [1.82, 2.24) is 9.78 Å². The first kappa shape index (κ1) is 15.5. The molecule has 2 rings (SSSR count). The van der Waals surface area contributed by atoms with Crippen molar-refractivity contribution in [2.24, 2.45) is 13.0 Å². The molecule has 0 saturated carbocycles. The summed E-state index contributed by atoms with van der Waals surface area (Å²) in [6.45, 7) is 3.80. The molecule has 0 bridgehead atoms. The van der Waals surface area contributed by atoms with Gasteiger partial charge in [0.05, 0.1) is 31.7 Å². The van der Waals surface area contributed by atoms with Crippen LogP contribution in [0.1, 0.15) is 6.42 Å². The number of nitrogens with zero attached hydrogens (tertiary/aromatic N) is 3. The molecule has 6 nitrogen and oxygen atoms in total. The Hall–Kier alpha value is -0.920. The first-order valence-corrected chi connectivity index (χ1v) is 7.46. The van der Waals surface area contributed by atoms with E-state index in [1.807, 2.05) is 0 Å². The van der Waals surface area contributed by atoms with Crippen LogP contribution in [0, 0.1) is 5.92 Å². The largest absolute Gasteiger partial charge is 0.382 e. The summed E-state index contributed by atoms with van der Waals surface area (Å²) in [6, 6.07) is 0. The van der Waals surface area contributed by atoms with Gasteiger partial charge in [0, 0.05) is 33.2 Å². The van der Waals surface area contributed by atoms with Crippen LogP contribution < -0.4 is 10.5 Å². The maximum atomic E-state index is 11.9. The van der Waals surface area contributed by atoms with Crippen molar-refractivity contribution in [3.8, 4) is 0 Å². The van der Waals surface area contributed by atoms with E-state index in [1.165, 1.54) is 4.68 Å². The number of rotatable bonds is 6.